The molecule has 0 unspecified atom stereocenters. The van der Waals surface area contributed by atoms with Crippen molar-refractivity contribution < 1.29 is 4.79 Å². The van der Waals surface area contributed by atoms with Crippen LogP contribution < -0.4 is 5.32 Å². The number of rotatable bonds is 0. The summed E-state index contributed by atoms with van der Waals surface area (Å²) in [6.07, 6.45) is 2.62. The van der Waals surface area contributed by atoms with Crippen LogP contribution in [0.15, 0.2) is 24.3 Å². The van der Waals surface area contributed by atoms with Crippen LogP contribution in [0.4, 0.5) is 5.69 Å². The summed E-state index contributed by atoms with van der Waals surface area (Å²) in [5, 5.41) is 2.88. The lowest BCUT2D eigenvalue weighted by Crippen LogP contribution is -2.08. The highest BCUT2D eigenvalue weighted by Gasteiger charge is 2.10. The van der Waals surface area contributed by atoms with E-state index in [9.17, 15) is 4.79 Å². The molecule has 2 rings (SSSR count). The van der Waals surface area contributed by atoms with Gasteiger partial charge in [-0.05, 0) is 24.5 Å². The van der Waals surface area contributed by atoms with Gasteiger partial charge in [0, 0.05) is 12.1 Å². The maximum absolute atomic E-state index is 11.1. The van der Waals surface area contributed by atoms with Crippen LogP contribution in [0.5, 0.6) is 0 Å². The summed E-state index contributed by atoms with van der Waals surface area (Å²) in [7, 11) is 0. The van der Waals surface area contributed by atoms with Crippen LogP contribution in [0.2, 0.25) is 0 Å². The molecular weight excluding hydrogens is 162 g/mol. The van der Waals surface area contributed by atoms with Crippen molar-refractivity contribution >= 4 is 11.6 Å². The molecule has 0 spiro atoms. The minimum absolute atomic E-state index is 0. The molecule has 0 aliphatic carbocycles. The van der Waals surface area contributed by atoms with Crippen molar-refractivity contribution in [3.63, 3.8) is 0 Å². The molecule has 0 aromatic heterocycles. The first-order valence-corrected chi connectivity index (χ1v) is 4.24. The Hall–Kier alpha value is -1.31. The summed E-state index contributed by atoms with van der Waals surface area (Å²) < 4.78 is 0. The Labute approximate surface area is 79.0 Å². The predicted octanol–water partition coefficient (Wildman–Crippen LogP) is 2.60. The molecule has 1 amide bonds. The Morgan fingerprint density at radius 2 is 1.92 bits per heavy atom. The molecule has 13 heavy (non-hydrogen) atoms. The van der Waals surface area contributed by atoms with Crippen LogP contribution in [0.1, 0.15) is 25.8 Å². The minimum atomic E-state index is 0. The van der Waals surface area contributed by atoms with E-state index < -0.39 is 0 Å². The van der Waals surface area contributed by atoms with Crippen LogP contribution in [0.3, 0.4) is 0 Å². The van der Waals surface area contributed by atoms with Gasteiger partial charge >= 0.3 is 0 Å². The van der Waals surface area contributed by atoms with Gasteiger partial charge in [-0.1, -0.05) is 25.6 Å². The Balaban J connectivity index is 0.000000845. The van der Waals surface area contributed by atoms with E-state index in [1.54, 1.807) is 0 Å². The van der Waals surface area contributed by atoms with Crippen LogP contribution in [0.25, 0.3) is 0 Å². The van der Waals surface area contributed by atoms with Gasteiger partial charge in [0.05, 0.1) is 0 Å². The van der Waals surface area contributed by atoms with Crippen molar-refractivity contribution in [1.82, 2.24) is 0 Å². The molecule has 0 atom stereocenters. The number of carbonyl (C=O) groups is 1. The second-order valence-electron chi connectivity index (χ2n) is 3.06. The molecular formula is C11H15NO. The highest BCUT2D eigenvalue weighted by molar-refractivity contribution is 5.92. The minimum Gasteiger partial charge on any atom is -0.326 e. The van der Waals surface area contributed by atoms with Crippen molar-refractivity contribution in [1.29, 1.82) is 0 Å². The second-order valence-corrected chi connectivity index (χ2v) is 3.06. The Kier molecular flexibility index (Phi) is 3.07. The number of carbonyl (C=O) groups excluding carboxylic acids is 1. The fourth-order valence-electron chi connectivity index (χ4n) is 1.51. The zero-order chi connectivity index (χ0) is 8.39. The van der Waals surface area contributed by atoms with Gasteiger partial charge < -0.3 is 5.32 Å². The highest BCUT2D eigenvalue weighted by atomic mass is 16.1. The van der Waals surface area contributed by atoms with E-state index in [4.69, 9.17) is 0 Å². The topological polar surface area (TPSA) is 29.1 Å². The van der Waals surface area contributed by atoms with Crippen molar-refractivity contribution in [2.45, 2.75) is 26.7 Å². The third-order valence-corrected chi connectivity index (χ3v) is 2.14. The lowest BCUT2D eigenvalue weighted by Gasteiger charge is -2.04. The molecule has 0 saturated carbocycles. The largest absolute Gasteiger partial charge is 0.326 e. The number of aryl methyl sites for hydroxylation is 1. The maximum Gasteiger partial charge on any atom is 0.224 e. The van der Waals surface area contributed by atoms with E-state index in [0.29, 0.717) is 6.42 Å². The molecule has 70 valence electrons. The average Bonchev–Trinajstić information content (AvgIpc) is 2.25. The summed E-state index contributed by atoms with van der Waals surface area (Å²) >= 11 is 0. The molecule has 0 saturated heterocycles. The van der Waals surface area contributed by atoms with Gasteiger partial charge in [-0.25, -0.2) is 0 Å². The quantitative estimate of drug-likeness (QED) is 0.648. The van der Waals surface area contributed by atoms with Gasteiger partial charge in [0.15, 0.2) is 0 Å². The van der Waals surface area contributed by atoms with Crippen LogP contribution in [0, 0.1) is 0 Å². The van der Waals surface area contributed by atoms with E-state index in [1.807, 2.05) is 18.2 Å². The molecule has 1 aliphatic heterocycles. The molecule has 1 aliphatic rings. The standard InChI is InChI=1S/C10H11NO.CH4/c12-10-7-3-5-8-4-1-2-6-9(8)11-10;/h1-2,4,6H,3,5,7H2,(H,11,12);1H4. The normalized spacial score (nSPS) is 14.9. The van der Waals surface area contributed by atoms with Gasteiger partial charge in [-0.15, -0.1) is 0 Å². The van der Waals surface area contributed by atoms with E-state index in [1.165, 1.54) is 5.56 Å². The first-order valence-electron chi connectivity index (χ1n) is 4.24. The van der Waals surface area contributed by atoms with E-state index in [2.05, 4.69) is 11.4 Å². The summed E-state index contributed by atoms with van der Waals surface area (Å²) in [6, 6.07) is 7.99. The number of hydrogen-bond donors (Lipinski definition) is 1. The third kappa shape index (κ3) is 2.08. The van der Waals surface area contributed by atoms with Crippen molar-refractivity contribution in [3.05, 3.63) is 29.8 Å². The molecule has 2 heteroatoms. The first-order chi connectivity index (χ1) is 5.86. The van der Waals surface area contributed by atoms with Crippen molar-refractivity contribution in [2.24, 2.45) is 0 Å². The van der Waals surface area contributed by atoms with Crippen LogP contribution >= 0.6 is 0 Å². The molecule has 0 radical (unpaired) electrons. The van der Waals surface area contributed by atoms with E-state index in [0.717, 1.165) is 18.5 Å². The molecule has 1 N–H and O–H groups in total. The Morgan fingerprint density at radius 3 is 2.77 bits per heavy atom. The average molecular weight is 177 g/mol. The smallest absolute Gasteiger partial charge is 0.224 e. The van der Waals surface area contributed by atoms with E-state index >= 15 is 0 Å². The van der Waals surface area contributed by atoms with Crippen molar-refractivity contribution in [3.8, 4) is 0 Å². The predicted molar refractivity (Wildman–Crippen MR) is 54.7 cm³/mol. The fourth-order valence-corrected chi connectivity index (χ4v) is 1.51. The number of hydrogen-bond acceptors (Lipinski definition) is 1. The summed E-state index contributed by atoms with van der Waals surface area (Å²) in [5.41, 5.74) is 2.24. The molecule has 0 bridgehead atoms. The van der Waals surface area contributed by atoms with Gasteiger partial charge in [0.1, 0.15) is 0 Å². The number of fused-ring (bicyclic) bond motifs is 1. The summed E-state index contributed by atoms with van der Waals surface area (Å²) in [5.74, 6) is 0.139. The number of amides is 1. The molecule has 1 aromatic rings. The van der Waals surface area contributed by atoms with Gasteiger partial charge in [0.2, 0.25) is 5.91 Å². The van der Waals surface area contributed by atoms with Gasteiger partial charge in [-0.3, -0.25) is 4.79 Å². The summed E-state index contributed by atoms with van der Waals surface area (Å²) in [6.45, 7) is 0. The van der Waals surface area contributed by atoms with Crippen LogP contribution in [-0.2, 0) is 11.2 Å². The lowest BCUT2D eigenvalue weighted by atomic mass is 10.1. The SMILES string of the molecule is C.O=C1CCCc2ccccc2N1. The number of nitrogens with one attached hydrogen (secondary N) is 1. The molecule has 0 fully saturated rings. The number of benzene rings is 1. The van der Waals surface area contributed by atoms with Crippen LogP contribution in [-0.4, -0.2) is 5.91 Å². The summed E-state index contributed by atoms with van der Waals surface area (Å²) in [4.78, 5) is 11.1. The fraction of sp³-hybridized carbons (Fsp3) is 0.364. The molecule has 2 nitrogen and oxygen atoms in total. The monoisotopic (exact) mass is 177 g/mol. The Morgan fingerprint density at radius 1 is 1.15 bits per heavy atom. The zero-order valence-corrected chi connectivity index (χ0v) is 6.84. The molecule has 1 aromatic carbocycles. The first kappa shape index (κ1) is 9.78. The van der Waals surface area contributed by atoms with Crippen molar-refractivity contribution in [2.75, 3.05) is 5.32 Å². The lowest BCUT2D eigenvalue weighted by molar-refractivity contribution is -0.116. The third-order valence-electron chi connectivity index (χ3n) is 2.14. The number of para-hydroxylation sites is 1. The number of anilines is 1. The van der Waals surface area contributed by atoms with Gasteiger partial charge in [0.25, 0.3) is 0 Å². The zero-order valence-electron chi connectivity index (χ0n) is 6.84. The van der Waals surface area contributed by atoms with E-state index in [-0.39, 0.29) is 13.3 Å². The molecule has 1 heterocycles. The second kappa shape index (κ2) is 4.08. The van der Waals surface area contributed by atoms with Gasteiger partial charge in [-0.2, -0.15) is 0 Å². The highest BCUT2D eigenvalue weighted by Crippen LogP contribution is 2.20. The Bertz CT molecular complexity index is 307. The maximum atomic E-state index is 11.1.